The van der Waals surface area contributed by atoms with Gasteiger partial charge in [-0.25, -0.2) is 9.37 Å². The molecule has 3 aromatic rings. The van der Waals surface area contributed by atoms with Gasteiger partial charge in [0.1, 0.15) is 16.5 Å². The Labute approximate surface area is 163 Å². The van der Waals surface area contributed by atoms with Crippen molar-refractivity contribution in [2.24, 2.45) is 0 Å². The quantitative estimate of drug-likeness (QED) is 0.682. The van der Waals surface area contributed by atoms with Crippen molar-refractivity contribution in [2.45, 2.75) is 38.5 Å². The van der Waals surface area contributed by atoms with Crippen LogP contribution in [-0.4, -0.2) is 15.9 Å². The molecule has 0 bridgehead atoms. The number of aryl methyl sites for hydroxylation is 3. The molecule has 1 aliphatic carbocycles. The maximum atomic E-state index is 13.8. The summed E-state index contributed by atoms with van der Waals surface area (Å²) in [5.41, 5.74) is 1.07. The van der Waals surface area contributed by atoms with Crippen LogP contribution >= 0.6 is 22.9 Å². The smallest absolute Gasteiger partial charge is 0.259 e. The molecule has 0 aliphatic heterocycles. The molecule has 1 aliphatic rings. The highest BCUT2D eigenvalue weighted by molar-refractivity contribution is 7.18. The molecule has 5 nitrogen and oxygen atoms in total. The number of hydrogen-bond acceptors (Lipinski definition) is 4. The van der Waals surface area contributed by atoms with Crippen LogP contribution in [0.3, 0.4) is 0 Å². The lowest BCUT2D eigenvalue weighted by molar-refractivity contribution is -0.116. The molecule has 8 heteroatoms. The first-order valence-electron chi connectivity index (χ1n) is 8.79. The zero-order valence-corrected chi connectivity index (χ0v) is 16.0. The van der Waals surface area contributed by atoms with Crippen LogP contribution in [0.4, 0.5) is 10.1 Å². The van der Waals surface area contributed by atoms with E-state index in [0.717, 1.165) is 42.1 Å². The molecule has 1 amide bonds. The molecule has 0 atom stereocenters. The first-order valence-corrected chi connectivity index (χ1v) is 9.99. The van der Waals surface area contributed by atoms with Crippen LogP contribution < -0.4 is 10.9 Å². The first kappa shape index (κ1) is 18.1. The average molecular weight is 406 g/mol. The molecular formula is C19H17ClFN3O2S. The summed E-state index contributed by atoms with van der Waals surface area (Å²) < 4.78 is 13.8. The predicted molar refractivity (Wildman–Crippen MR) is 105 cm³/mol. The van der Waals surface area contributed by atoms with Gasteiger partial charge in [0, 0.05) is 22.7 Å². The van der Waals surface area contributed by atoms with Crippen molar-refractivity contribution in [3.05, 3.63) is 55.7 Å². The van der Waals surface area contributed by atoms with Gasteiger partial charge in [-0.15, -0.1) is 11.3 Å². The Morgan fingerprint density at radius 2 is 2.15 bits per heavy atom. The summed E-state index contributed by atoms with van der Waals surface area (Å²) in [5.74, 6) is -0.477. The maximum absolute atomic E-state index is 13.8. The van der Waals surface area contributed by atoms with Gasteiger partial charge in [-0.3, -0.25) is 9.59 Å². The Morgan fingerprint density at radius 3 is 2.96 bits per heavy atom. The minimum absolute atomic E-state index is 0.0761. The minimum atomic E-state index is -0.590. The highest BCUT2D eigenvalue weighted by Gasteiger charge is 2.20. The van der Waals surface area contributed by atoms with Crippen LogP contribution in [0.1, 0.15) is 35.5 Å². The molecule has 27 heavy (non-hydrogen) atoms. The lowest BCUT2D eigenvalue weighted by Crippen LogP contribution is -2.17. The van der Waals surface area contributed by atoms with Crippen LogP contribution in [0, 0.1) is 5.82 Å². The Hall–Kier alpha value is -2.25. The fourth-order valence-electron chi connectivity index (χ4n) is 3.36. The second kappa shape index (κ2) is 7.40. The number of nitrogens with one attached hydrogen (secondary N) is 2. The van der Waals surface area contributed by atoms with E-state index in [-0.39, 0.29) is 35.0 Å². The monoisotopic (exact) mass is 405 g/mol. The van der Waals surface area contributed by atoms with E-state index in [1.807, 2.05) is 0 Å². The molecule has 2 aromatic heterocycles. The molecule has 0 saturated heterocycles. The molecule has 0 saturated carbocycles. The molecule has 0 unspecified atom stereocenters. The third-order valence-corrected chi connectivity index (χ3v) is 6.09. The van der Waals surface area contributed by atoms with E-state index in [9.17, 15) is 14.0 Å². The number of aromatic nitrogens is 2. The highest BCUT2D eigenvalue weighted by Crippen LogP contribution is 2.33. The zero-order valence-electron chi connectivity index (χ0n) is 14.4. The lowest BCUT2D eigenvalue weighted by Gasteiger charge is -2.09. The SMILES string of the molecule is O=C(CCc1nc2sc3c(c2c(=O)[nH]1)CCCC3)Nc1ccc(Cl)cc1F. The van der Waals surface area contributed by atoms with Crippen LogP contribution in [0.25, 0.3) is 10.2 Å². The largest absolute Gasteiger partial charge is 0.324 e. The van der Waals surface area contributed by atoms with Crippen LogP contribution in [0.5, 0.6) is 0 Å². The average Bonchev–Trinajstić information content (AvgIpc) is 3.01. The van der Waals surface area contributed by atoms with Gasteiger partial charge in [-0.05, 0) is 49.4 Å². The van der Waals surface area contributed by atoms with E-state index in [1.165, 1.54) is 17.0 Å². The Kier molecular flexibility index (Phi) is 4.97. The second-order valence-electron chi connectivity index (χ2n) is 6.58. The first-order chi connectivity index (χ1) is 13.0. The van der Waals surface area contributed by atoms with E-state index in [2.05, 4.69) is 15.3 Å². The van der Waals surface area contributed by atoms with Crippen molar-refractivity contribution in [1.82, 2.24) is 9.97 Å². The van der Waals surface area contributed by atoms with Gasteiger partial charge in [0.15, 0.2) is 0 Å². The number of thiophene rings is 1. The maximum Gasteiger partial charge on any atom is 0.259 e. The van der Waals surface area contributed by atoms with Crippen LogP contribution in [-0.2, 0) is 24.1 Å². The summed E-state index contributed by atoms with van der Waals surface area (Å²) in [7, 11) is 0. The molecule has 0 spiro atoms. The molecule has 2 heterocycles. The van der Waals surface area contributed by atoms with Gasteiger partial charge < -0.3 is 10.3 Å². The second-order valence-corrected chi connectivity index (χ2v) is 8.10. The number of H-pyrrole nitrogens is 1. The molecule has 0 fully saturated rings. The van der Waals surface area contributed by atoms with Crippen molar-refractivity contribution < 1.29 is 9.18 Å². The number of anilines is 1. The number of nitrogens with zero attached hydrogens (tertiary/aromatic N) is 1. The third-order valence-electron chi connectivity index (χ3n) is 4.67. The number of carbonyl (C=O) groups excluding carboxylic acids is 1. The summed E-state index contributed by atoms with van der Waals surface area (Å²) in [4.78, 5) is 33.9. The summed E-state index contributed by atoms with van der Waals surface area (Å²) >= 11 is 7.28. The molecule has 0 radical (unpaired) electrons. The Balaban J connectivity index is 1.48. The minimum Gasteiger partial charge on any atom is -0.324 e. The third kappa shape index (κ3) is 3.75. The van der Waals surface area contributed by atoms with Crippen molar-refractivity contribution in [3.8, 4) is 0 Å². The number of aromatic amines is 1. The van der Waals surface area contributed by atoms with Crippen molar-refractivity contribution in [2.75, 3.05) is 5.32 Å². The fourth-order valence-corrected chi connectivity index (χ4v) is 4.80. The summed E-state index contributed by atoms with van der Waals surface area (Å²) in [6.45, 7) is 0. The lowest BCUT2D eigenvalue weighted by atomic mass is 9.97. The summed E-state index contributed by atoms with van der Waals surface area (Å²) in [6.07, 6.45) is 4.53. The van der Waals surface area contributed by atoms with Gasteiger partial charge in [0.2, 0.25) is 5.91 Å². The molecule has 4 rings (SSSR count). The number of rotatable bonds is 4. The normalized spacial score (nSPS) is 13.6. The zero-order chi connectivity index (χ0) is 19.0. The van der Waals surface area contributed by atoms with Crippen LogP contribution in [0.15, 0.2) is 23.0 Å². The fraction of sp³-hybridized carbons (Fsp3) is 0.316. The molecule has 1 aromatic carbocycles. The van der Waals surface area contributed by atoms with Crippen molar-refractivity contribution in [3.63, 3.8) is 0 Å². The highest BCUT2D eigenvalue weighted by atomic mass is 35.5. The Bertz CT molecular complexity index is 1090. The Morgan fingerprint density at radius 1 is 1.33 bits per heavy atom. The standard InChI is InChI=1S/C19H17ClFN3O2S/c20-10-5-6-13(12(21)9-10)22-16(25)8-7-15-23-18(26)17-11-3-1-2-4-14(11)27-19(17)24-15/h5-6,9H,1-4,7-8H2,(H,22,25)(H,23,24,26). The van der Waals surface area contributed by atoms with Gasteiger partial charge in [0.05, 0.1) is 11.1 Å². The van der Waals surface area contributed by atoms with E-state index in [1.54, 1.807) is 11.3 Å². The van der Waals surface area contributed by atoms with E-state index < -0.39 is 5.82 Å². The van der Waals surface area contributed by atoms with Crippen molar-refractivity contribution >= 4 is 44.7 Å². The topological polar surface area (TPSA) is 74.8 Å². The molecule has 140 valence electrons. The van der Waals surface area contributed by atoms with E-state index in [0.29, 0.717) is 11.2 Å². The van der Waals surface area contributed by atoms with Gasteiger partial charge in [-0.2, -0.15) is 0 Å². The van der Waals surface area contributed by atoms with Crippen LogP contribution in [0.2, 0.25) is 5.02 Å². The number of amides is 1. The van der Waals surface area contributed by atoms with Crippen molar-refractivity contribution in [1.29, 1.82) is 0 Å². The van der Waals surface area contributed by atoms with Gasteiger partial charge in [0.25, 0.3) is 5.56 Å². The van der Waals surface area contributed by atoms with Gasteiger partial charge in [-0.1, -0.05) is 11.6 Å². The number of fused-ring (bicyclic) bond motifs is 3. The molecule has 2 N–H and O–H groups in total. The molecular weight excluding hydrogens is 389 g/mol. The number of halogens is 2. The number of hydrogen-bond donors (Lipinski definition) is 2. The van der Waals surface area contributed by atoms with E-state index >= 15 is 0 Å². The van der Waals surface area contributed by atoms with E-state index in [4.69, 9.17) is 11.6 Å². The predicted octanol–water partition coefficient (Wildman–Crippen LogP) is 4.23. The number of benzene rings is 1. The summed E-state index contributed by atoms with van der Waals surface area (Å²) in [5, 5.41) is 3.47. The summed E-state index contributed by atoms with van der Waals surface area (Å²) in [6, 6.07) is 4.06. The van der Waals surface area contributed by atoms with Gasteiger partial charge >= 0.3 is 0 Å². The number of carbonyl (C=O) groups is 1.